The number of rotatable bonds is 12. The minimum atomic E-state index is -0.495. The highest BCUT2D eigenvalue weighted by Crippen LogP contribution is 2.35. The molecule has 0 unspecified atom stereocenters. The number of nitrogen functional groups attached to an aromatic ring is 4. The Hall–Kier alpha value is -9.73. The molecular weight excluding hydrogens is 1230 g/mol. The molecule has 4 aromatic carbocycles. The van der Waals surface area contributed by atoms with Crippen molar-refractivity contribution in [3.8, 4) is 68.5 Å². The van der Waals surface area contributed by atoms with Crippen molar-refractivity contribution in [1.82, 2.24) is 79.7 Å². The van der Waals surface area contributed by atoms with E-state index in [1.807, 2.05) is 52.0 Å². The van der Waals surface area contributed by atoms with Crippen LogP contribution >= 0.6 is 58.0 Å². The van der Waals surface area contributed by atoms with Crippen LogP contribution in [0.1, 0.15) is 27.7 Å². The molecular formula is C56H45Cl5F2N20O4. The molecule has 12 aromatic rings. The van der Waals surface area contributed by atoms with Crippen molar-refractivity contribution in [2.45, 2.75) is 27.7 Å². The Bertz CT molecular complexity index is 4510. The molecule has 8 N–H and O–H groups in total. The fourth-order valence-electron chi connectivity index (χ4n) is 7.80. The van der Waals surface area contributed by atoms with Crippen molar-refractivity contribution in [3.05, 3.63) is 140 Å². The summed E-state index contributed by atoms with van der Waals surface area (Å²) >= 11 is 30.3. The maximum absolute atomic E-state index is 13.3. The molecule has 8 aromatic heterocycles. The number of nitrogens with two attached hydrogens (primary N) is 4. The molecule has 0 amide bonds. The zero-order valence-corrected chi connectivity index (χ0v) is 49.7. The number of nitrogens with zero attached hydrogens (tertiary/aromatic N) is 16. The second-order valence-corrected chi connectivity index (χ2v) is 19.3. The molecule has 31 heteroatoms. The first-order valence-electron chi connectivity index (χ1n) is 25.8. The molecule has 87 heavy (non-hydrogen) atoms. The van der Waals surface area contributed by atoms with E-state index in [0.717, 1.165) is 5.56 Å². The van der Waals surface area contributed by atoms with Gasteiger partial charge in [-0.2, -0.15) is 39.9 Å². The molecule has 0 spiro atoms. The summed E-state index contributed by atoms with van der Waals surface area (Å²) in [5.74, 6) is 0.494. The van der Waals surface area contributed by atoms with Crippen molar-refractivity contribution >= 4 is 126 Å². The third-order valence-electron chi connectivity index (χ3n) is 11.5. The lowest BCUT2D eigenvalue weighted by molar-refractivity contribution is 0.330. The fourth-order valence-corrected chi connectivity index (χ4v) is 8.87. The van der Waals surface area contributed by atoms with Crippen molar-refractivity contribution in [3.63, 3.8) is 0 Å². The molecule has 24 nitrogen and oxygen atoms in total. The highest BCUT2D eigenvalue weighted by atomic mass is 35.5. The molecule has 0 saturated carbocycles. The van der Waals surface area contributed by atoms with Crippen LogP contribution in [0.4, 0.5) is 32.6 Å². The van der Waals surface area contributed by atoms with Gasteiger partial charge in [-0.15, -0.1) is 0 Å². The molecule has 0 atom stereocenters. The summed E-state index contributed by atoms with van der Waals surface area (Å²) in [6.07, 6.45) is 6.16. The van der Waals surface area contributed by atoms with E-state index in [1.165, 1.54) is 42.7 Å². The molecule has 0 saturated heterocycles. The van der Waals surface area contributed by atoms with Gasteiger partial charge in [0, 0.05) is 22.3 Å². The van der Waals surface area contributed by atoms with Crippen molar-refractivity contribution in [1.29, 1.82) is 0 Å². The van der Waals surface area contributed by atoms with Crippen LogP contribution in [0.3, 0.4) is 0 Å². The maximum atomic E-state index is 13.3. The van der Waals surface area contributed by atoms with Gasteiger partial charge in [0.1, 0.15) is 11.6 Å². The lowest BCUT2D eigenvalue weighted by atomic mass is 10.1. The molecule has 442 valence electrons. The van der Waals surface area contributed by atoms with Gasteiger partial charge in [-0.3, -0.25) is 0 Å². The summed E-state index contributed by atoms with van der Waals surface area (Å²) in [5, 5.41) is 1.70. The fraction of sp³-hybridized carbons (Fsp3) is 0.143. The van der Waals surface area contributed by atoms with Crippen LogP contribution in [0, 0.1) is 11.6 Å². The van der Waals surface area contributed by atoms with Crippen LogP contribution in [0.25, 0.3) is 89.7 Å². The lowest BCUT2D eigenvalue weighted by Gasteiger charge is -2.08. The normalized spacial score (nSPS) is 10.8. The molecule has 0 fully saturated rings. The Morgan fingerprint density at radius 2 is 0.747 bits per heavy atom. The van der Waals surface area contributed by atoms with Crippen LogP contribution < -0.4 is 41.9 Å². The van der Waals surface area contributed by atoms with Gasteiger partial charge in [-0.05, 0) is 76.2 Å². The van der Waals surface area contributed by atoms with Crippen molar-refractivity contribution in [2.24, 2.45) is 0 Å². The predicted octanol–water partition coefficient (Wildman–Crippen LogP) is 11.8. The van der Waals surface area contributed by atoms with Crippen LogP contribution in [0.15, 0.2) is 104 Å². The van der Waals surface area contributed by atoms with Gasteiger partial charge < -0.3 is 41.9 Å². The molecule has 0 aliphatic rings. The van der Waals surface area contributed by atoms with Crippen LogP contribution in [-0.2, 0) is 0 Å². The number of hydrogen-bond acceptors (Lipinski definition) is 24. The minimum absolute atomic E-state index is 0.0120. The number of hydrogen-bond donors (Lipinski definition) is 4. The summed E-state index contributed by atoms with van der Waals surface area (Å²) < 4.78 is 48.1. The third kappa shape index (κ3) is 14.7. The topological polar surface area (TPSA) is 347 Å². The van der Waals surface area contributed by atoms with E-state index in [1.54, 1.807) is 36.7 Å². The first-order chi connectivity index (χ1) is 41.9. The minimum Gasteiger partial charge on any atom is -0.476 e. The van der Waals surface area contributed by atoms with Crippen LogP contribution in [0.5, 0.6) is 23.5 Å². The quantitative estimate of drug-likeness (QED) is 0.0882. The number of anilines is 4. The van der Waals surface area contributed by atoms with Gasteiger partial charge >= 0.3 is 0 Å². The average Bonchev–Trinajstić information content (AvgIpc) is 1.43. The average molecular weight is 1280 g/mol. The van der Waals surface area contributed by atoms with Gasteiger partial charge in [0.25, 0.3) is 0 Å². The van der Waals surface area contributed by atoms with E-state index in [9.17, 15) is 8.78 Å². The standard InChI is InChI=1S/C14H11Cl2N5O.2C14H11ClFN5O.C14H12ClN5O/c1-2-22-13-11-12(20-14(17)21-13)18-6-9(19-11)7-4-3-5-8(15)10(7)16;1-2-22-13-11-12(20-14(17)21-13)18-6-10(19-11)7-3-4-9(16)8(15)5-7;1-2-22-13-11-12(20-14(17)21-13)18-6-10(19-11)8-4-3-7(16)5-9(8)15;1-2-21-13-11-12(19-14(16)20-13)17-7-10(18-11)8-5-3-4-6-9(8)15/h3*3-6H,2H2,1H3,(H2,17,18,20,21);3-7H,2H2,1H3,(H2,16,17,19,20). The van der Waals surface area contributed by atoms with Crippen molar-refractivity contribution in [2.75, 3.05) is 49.4 Å². The van der Waals surface area contributed by atoms with Gasteiger partial charge in [-0.25, -0.2) is 48.7 Å². The Morgan fingerprint density at radius 1 is 0.368 bits per heavy atom. The number of ether oxygens (including phenoxy) is 4. The van der Waals surface area contributed by atoms with Crippen LogP contribution in [-0.4, -0.2) is 106 Å². The van der Waals surface area contributed by atoms with Gasteiger partial charge in [0.2, 0.25) is 47.3 Å². The zero-order valence-electron chi connectivity index (χ0n) is 45.9. The Labute approximate surface area is 517 Å². The highest BCUT2D eigenvalue weighted by molar-refractivity contribution is 6.43. The first-order valence-corrected chi connectivity index (χ1v) is 27.7. The Kier molecular flexibility index (Phi) is 19.9. The summed E-state index contributed by atoms with van der Waals surface area (Å²) in [6.45, 7) is 9.01. The number of aromatic nitrogens is 16. The molecule has 0 aliphatic heterocycles. The molecule has 0 bridgehead atoms. The van der Waals surface area contributed by atoms with E-state index >= 15 is 0 Å². The predicted molar refractivity (Wildman–Crippen MR) is 330 cm³/mol. The number of halogens is 7. The molecule has 0 aliphatic carbocycles. The second-order valence-electron chi connectivity index (χ2n) is 17.3. The molecule has 12 rings (SSSR count). The van der Waals surface area contributed by atoms with E-state index in [4.69, 9.17) is 99.9 Å². The molecule has 0 radical (unpaired) electrons. The van der Waals surface area contributed by atoms with Gasteiger partial charge in [0.05, 0.1) is 99.1 Å². The summed E-state index contributed by atoms with van der Waals surface area (Å²) in [6, 6.07) is 21.1. The van der Waals surface area contributed by atoms with E-state index in [-0.39, 0.29) is 51.5 Å². The Balaban J connectivity index is 0.000000138. The number of fused-ring (bicyclic) bond motifs is 4. The van der Waals surface area contributed by atoms with E-state index in [2.05, 4.69) is 79.7 Å². The van der Waals surface area contributed by atoms with E-state index < -0.39 is 11.6 Å². The van der Waals surface area contributed by atoms with Crippen molar-refractivity contribution < 1.29 is 27.7 Å². The van der Waals surface area contributed by atoms with Gasteiger partial charge in [-0.1, -0.05) is 88.3 Å². The monoisotopic (exact) mass is 1270 g/mol. The van der Waals surface area contributed by atoms with Crippen LogP contribution in [0.2, 0.25) is 25.1 Å². The maximum Gasteiger partial charge on any atom is 0.247 e. The summed E-state index contributed by atoms with van der Waals surface area (Å²) in [4.78, 5) is 67.0. The smallest absolute Gasteiger partial charge is 0.247 e. The number of benzene rings is 4. The van der Waals surface area contributed by atoms with E-state index in [0.29, 0.717) is 131 Å². The zero-order chi connectivity index (χ0) is 61.9. The van der Waals surface area contributed by atoms with Gasteiger partial charge in [0.15, 0.2) is 44.7 Å². The highest BCUT2D eigenvalue weighted by Gasteiger charge is 2.19. The summed E-state index contributed by atoms with van der Waals surface area (Å²) in [7, 11) is 0. The lowest BCUT2D eigenvalue weighted by Crippen LogP contribution is -2.04. The first kappa shape index (κ1) is 61.8. The molecule has 8 heterocycles. The summed E-state index contributed by atoms with van der Waals surface area (Å²) in [5.41, 5.74) is 30.3. The SMILES string of the molecule is CCOc1nc(N)nc2ncc(-c3ccc(F)c(Cl)c3)nc12.CCOc1nc(N)nc2ncc(-c3ccc(F)cc3Cl)nc12.CCOc1nc(N)nc2ncc(-c3cccc(Cl)c3Cl)nc12.CCOc1nc(N)nc2ncc(-c3ccccc3Cl)nc12. The largest absolute Gasteiger partial charge is 0.476 e. The third-order valence-corrected chi connectivity index (χ3v) is 13.2. The second kappa shape index (κ2) is 28.0. The Morgan fingerprint density at radius 3 is 1.16 bits per heavy atom.